The van der Waals surface area contributed by atoms with Gasteiger partial charge in [0, 0.05) is 18.3 Å². The van der Waals surface area contributed by atoms with Gasteiger partial charge in [-0.25, -0.2) is 4.98 Å². The van der Waals surface area contributed by atoms with Crippen LogP contribution in [0, 0.1) is 0 Å². The van der Waals surface area contributed by atoms with Crippen molar-refractivity contribution in [2.75, 3.05) is 11.3 Å². The molecule has 9 heteroatoms. The Labute approximate surface area is 128 Å². The second-order valence-electron chi connectivity index (χ2n) is 4.34. The zero-order valence-electron chi connectivity index (χ0n) is 11.4. The van der Waals surface area contributed by atoms with Gasteiger partial charge in [-0.05, 0) is 25.1 Å². The lowest BCUT2D eigenvalue weighted by molar-refractivity contribution is 0.593. The smallest absolute Gasteiger partial charge is 0.280 e. The predicted octanol–water partition coefficient (Wildman–Crippen LogP) is 1.76. The molecule has 0 aliphatic heterocycles. The molecular formula is C12H16ClN5O2S. The number of hydrogen-bond donors (Lipinski definition) is 3. The van der Waals surface area contributed by atoms with Gasteiger partial charge in [-0.1, -0.05) is 18.5 Å². The van der Waals surface area contributed by atoms with Crippen LogP contribution in [-0.4, -0.2) is 30.1 Å². The molecule has 0 aliphatic carbocycles. The van der Waals surface area contributed by atoms with Gasteiger partial charge in [0.2, 0.25) is 0 Å². The Morgan fingerprint density at radius 2 is 2.24 bits per heavy atom. The van der Waals surface area contributed by atoms with E-state index in [2.05, 4.69) is 25.2 Å². The number of sulfonamides is 1. The van der Waals surface area contributed by atoms with Crippen molar-refractivity contribution in [2.24, 2.45) is 0 Å². The Morgan fingerprint density at radius 1 is 1.43 bits per heavy atom. The van der Waals surface area contributed by atoms with E-state index in [1.165, 1.54) is 12.4 Å². The molecule has 21 heavy (non-hydrogen) atoms. The summed E-state index contributed by atoms with van der Waals surface area (Å²) >= 11 is 5.91. The first kappa shape index (κ1) is 15.7. The summed E-state index contributed by atoms with van der Waals surface area (Å²) < 4.78 is 27.1. The van der Waals surface area contributed by atoms with E-state index in [0.717, 1.165) is 13.0 Å². The van der Waals surface area contributed by atoms with Crippen molar-refractivity contribution in [1.82, 2.24) is 20.5 Å². The highest BCUT2D eigenvalue weighted by molar-refractivity contribution is 7.92. The second kappa shape index (κ2) is 6.88. The normalized spacial score (nSPS) is 11.5. The molecule has 0 aliphatic rings. The molecule has 2 rings (SSSR count). The number of nitrogens with one attached hydrogen (secondary N) is 3. The van der Waals surface area contributed by atoms with Crippen LogP contribution < -0.4 is 10.0 Å². The number of halogens is 1. The van der Waals surface area contributed by atoms with Gasteiger partial charge < -0.3 is 5.32 Å². The monoisotopic (exact) mass is 329 g/mol. The van der Waals surface area contributed by atoms with Crippen LogP contribution in [0.1, 0.15) is 18.9 Å². The molecule has 114 valence electrons. The van der Waals surface area contributed by atoms with Crippen LogP contribution >= 0.6 is 11.6 Å². The fourth-order valence-corrected chi connectivity index (χ4v) is 3.08. The summed E-state index contributed by atoms with van der Waals surface area (Å²) in [5.74, 6) is 0.0845. The van der Waals surface area contributed by atoms with Crippen molar-refractivity contribution < 1.29 is 8.42 Å². The van der Waals surface area contributed by atoms with Crippen molar-refractivity contribution in [3.8, 4) is 0 Å². The Balaban J connectivity index is 2.20. The van der Waals surface area contributed by atoms with Gasteiger partial charge in [-0.15, -0.1) is 0 Å². The van der Waals surface area contributed by atoms with Crippen LogP contribution in [0.2, 0.25) is 5.02 Å². The number of nitrogens with zero attached hydrogens (tertiary/aromatic N) is 2. The molecule has 2 aromatic rings. The fourth-order valence-electron chi connectivity index (χ4n) is 1.70. The molecule has 0 radical (unpaired) electrons. The van der Waals surface area contributed by atoms with Gasteiger partial charge in [-0.3, -0.25) is 9.82 Å². The molecule has 0 fully saturated rings. The van der Waals surface area contributed by atoms with Crippen LogP contribution in [0.5, 0.6) is 0 Å². The maximum atomic E-state index is 12.4. The minimum absolute atomic E-state index is 0.00724. The van der Waals surface area contributed by atoms with Gasteiger partial charge in [0.25, 0.3) is 10.0 Å². The summed E-state index contributed by atoms with van der Waals surface area (Å²) in [5, 5.41) is 9.66. The third kappa shape index (κ3) is 3.93. The number of rotatable bonds is 7. The zero-order chi connectivity index (χ0) is 15.3. The van der Waals surface area contributed by atoms with E-state index in [-0.39, 0.29) is 15.9 Å². The molecule has 0 saturated heterocycles. The van der Waals surface area contributed by atoms with Gasteiger partial charge in [0.15, 0.2) is 10.8 Å². The first-order valence-corrected chi connectivity index (χ1v) is 8.27. The van der Waals surface area contributed by atoms with E-state index in [4.69, 9.17) is 11.6 Å². The zero-order valence-corrected chi connectivity index (χ0v) is 13.0. The van der Waals surface area contributed by atoms with E-state index in [1.807, 2.05) is 6.92 Å². The van der Waals surface area contributed by atoms with Crippen LogP contribution in [0.15, 0.2) is 29.6 Å². The molecule has 0 atom stereocenters. The Hall–Kier alpha value is -1.64. The SMILES string of the molecule is CCCNCc1cn[nH]c1S(=O)(=O)Nc1ncccc1Cl. The highest BCUT2D eigenvalue weighted by Gasteiger charge is 2.22. The molecule has 0 saturated carbocycles. The summed E-state index contributed by atoms with van der Waals surface area (Å²) in [7, 11) is -3.82. The van der Waals surface area contributed by atoms with Crippen LogP contribution in [-0.2, 0) is 16.6 Å². The highest BCUT2D eigenvalue weighted by Crippen LogP contribution is 2.22. The molecule has 0 unspecified atom stereocenters. The second-order valence-corrected chi connectivity index (χ2v) is 6.37. The summed E-state index contributed by atoms with van der Waals surface area (Å²) in [6.07, 6.45) is 3.90. The van der Waals surface area contributed by atoms with Crippen molar-refractivity contribution in [3.05, 3.63) is 35.1 Å². The first-order chi connectivity index (χ1) is 10.0. The summed E-state index contributed by atoms with van der Waals surface area (Å²) in [5.41, 5.74) is 0.558. The lowest BCUT2D eigenvalue weighted by atomic mass is 10.3. The van der Waals surface area contributed by atoms with Gasteiger partial charge >= 0.3 is 0 Å². The number of aromatic nitrogens is 3. The molecular weight excluding hydrogens is 314 g/mol. The van der Waals surface area contributed by atoms with Crippen molar-refractivity contribution >= 4 is 27.4 Å². The average Bonchev–Trinajstić information content (AvgIpc) is 2.91. The molecule has 0 spiro atoms. The molecule has 2 heterocycles. The number of aromatic amines is 1. The van der Waals surface area contributed by atoms with Gasteiger partial charge in [-0.2, -0.15) is 13.5 Å². The highest BCUT2D eigenvalue weighted by atomic mass is 35.5. The van der Waals surface area contributed by atoms with E-state index < -0.39 is 10.0 Å². The van der Waals surface area contributed by atoms with Crippen LogP contribution in [0.3, 0.4) is 0 Å². The summed E-state index contributed by atoms with van der Waals surface area (Å²) in [6, 6.07) is 3.18. The van der Waals surface area contributed by atoms with Gasteiger partial charge in [0.1, 0.15) is 0 Å². The van der Waals surface area contributed by atoms with Crippen molar-refractivity contribution in [2.45, 2.75) is 24.9 Å². The Bertz CT molecular complexity index is 701. The third-order valence-electron chi connectivity index (χ3n) is 2.68. The largest absolute Gasteiger partial charge is 0.313 e. The summed E-state index contributed by atoms with van der Waals surface area (Å²) in [4.78, 5) is 3.91. The predicted molar refractivity (Wildman–Crippen MR) is 80.6 cm³/mol. The molecule has 7 nitrogen and oxygen atoms in total. The fraction of sp³-hybridized carbons (Fsp3) is 0.333. The average molecular weight is 330 g/mol. The van der Waals surface area contributed by atoms with Gasteiger partial charge in [0.05, 0.1) is 11.2 Å². The topological polar surface area (TPSA) is 99.8 Å². The number of hydrogen-bond acceptors (Lipinski definition) is 5. The molecule has 2 aromatic heterocycles. The van der Waals surface area contributed by atoms with E-state index >= 15 is 0 Å². The van der Waals surface area contributed by atoms with E-state index in [1.54, 1.807) is 12.1 Å². The molecule has 0 aromatic carbocycles. The van der Waals surface area contributed by atoms with Crippen LogP contribution in [0.25, 0.3) is 0 Å². The Morgan fingerprint density at radius 3 is 2.95 bits per heavy atom. The molecule has 0 amide bonds. The standard InChI is InChI=1S/C12H16ClN5O2S/c1-2-5-14-7-9-8-16-17-12(9)21(19,20)18-11-10(13)4-3-6-15-11/h3-4,6,8,14H,2,5,7H2,1H3,(H,15,18)(H,16,17). The number of pyridine rings is 1. The lowest BCUT2D eigenvalue weighted by Crippen LogP contribution is -2.19. The maximum absolute atomic E-state index is 12.4. The lowest BCUT2D eigenvalue weighted by Gasteiger charge is -2.09. The van der Waals surface area contributed by atoms with Crippen LogP contribution in [0.4, 0.5) is 5.82 Å². The molecule has 0 bridgehead atoms. The first-order valence-electron chi connectivity index (χ1n) is 6.41. The maximum Gasteiger partial charge on any atom is 0.280 e. The Kier molecular flexibility index (Phi) is 5.16. The minimum atomic E-state index is -3.82. The summed E-state index contributed by atoms with van der Waals surface area (Å²) in [6.45, 7) is 3.24. The van der Waals surface area contributed by atoms with E-state index in [0.29, 0.717) is 12.1 Å². The molecule has 3 N–H and O–H groups in total. The third-order valence-corrected chi connectivity index (χ3v) is 4.34. The minimum Gasteiger partial charge on any atom is -0.313 e. The van der Waals surface area contributed by atoms with E-state index in [9.17, 15) is 8.42 Å². The number of anilines is 1. The number of H-pyrrole nitrogens is 1. The quantitative estimate of drug-likeness (QED) is 0.672. The van der Waals surface area contributed by atoms with Crippen molar-refractivity contribution in [3.63, 3.8) is 0 Å². The van der Waals surface area contributed by atoms with Crippen molar-refractivity contribution in [1.29, 1.82) is 0 Å².